The number of halogens is 1. The second-order valence-electron chi connectivity index (χ2n) is 3.32. The average molecular weight is 238 g/mol. The molecule has 3 nitrogen and oxygen atoms in total. The van der Waals surface area contributed by atoms with Crippen LogP contribution < -0.4 is 10.5 Å². The molecule has 1 aromatic heterocycles. The van der Waals surface area contributed by atoms with Crippen LogP contribution in [0.3, 0.4) is 0 Å². The van der Waals surface area contributed by atoms with Crippen LogP contribution in [0.15, 0.2) is 41.0 Å². The Balaban J connectivity index is 1.99. The van der Waals surface area contributed by atoms with Gasteiger partial charge in [0.05, 0.1) is 6.26 Å². The molecule has 0 bridgehead atoms. The molecular weight excluding hydrogens is 226 g/mol. The molecule has 0 saturated carbocycles. The zero-order valence-electron chi connectivity index (χ0n) is 8.65. The highest BCUT2D eigenvalue weighted by atomic mass is 35.5. The normalized spacial score (nSPS) is 10.4. The van der Waals surface area contributed by atoms with Crippen LogP contribution in [0.4, 0.5) is 0 Å². The van der Waals surface area contributed by atoms with Crippen molar-refractivity contribution in [2.75, 3.05) is 0 Å². The fraction of sp³-hybridized carbons (Fsp3) is 0.167. The highest BCUT2D eigenvalue weighted by molar-refractivity contribution is 6.30. The largest absolute Gasteiger partial charge is 0.486 e. The summed E-state index contributed by atoms with van der Waals surface area (Å²) in [6.45, 7) is 0.830. The minimum Gasteiger partial charge on any atom is -0.486 e. The lowest BCUT2D eigenvalue weighted by molar-refractivity contribution is 0.268. The van der Waals surface area contributed by atoms with E-state index in [2.05, 4.69) is 0 Å². The molecule has 2 aromatic rings. The number of rotatable bonds is 4. The maximum absolute atomic E-state index is 5.77. The van der Waals surface area contributed by atoms with Crippen LogP contribution in [-0.4, -0.2) is 0 Å². The van der Waals surface area contributed by atoms with Gasteiger partial charge in [0.25, 0.3) is 0 Å². The van der Waals surface area contributed by atoms with Gasteiger partial charge in [0.2, 0.25) is 0 Å². The third kappa shape index (κ3) is 2.56. The summed E-state index contributed by atoms with van der Waals surface area (Å²) in [6, 6.07) is 9.03. The fourth-order valence-corrected chi connectivity index (χ4v) is 1.48. The van der Waals surface area contributed by atoms with Crippen LogP contribution >= 0.6 is 11.6 Å². The van der Waals surface area contributed by atoms with Crippen molar-refractivity contribution in [3.05, 3.63) is 52.9 Å². The van der Waals surface area contributed by atoms with E-state index in [0.29, 0.717) is 18.2 Å². The number of benzene rings is 1. The van der Waals surface area contributed by atoms with E-state index in [1.165, 1.54) is 0 Å². The zero-order valence-corrected chi connectivity index (χ0v) is 9.41. The van der Waals surface area contributed by atoms with Gasteiger partial charge in [-0.05, 0) is 30.3 Å². The van der Waals surface area contributed by atoms with E-state index in [-0.39, 0.29) is 0 Å². The minimum absolute atomic E-state index is 0.376. The lowest BCUT2D eigenvalue weighted by Crippen LogP contribution is -2.01. The van der Waals surface area contributed by atoms with Crippen LogP contribution in [0.1, 0.15) is 11.3 Å². The Hall–Kier alpha value is -1.45. The Morgan fingerprint density at radius 2 is 1.94 bits per heavy atom. The summed E-state index contributed by atoms with van der Waals surface area (Å²) >= 11 is 5.77. The molecule has 0 radical (unpaired) electrons. The molecule has 0 amide bonds. The van der Waals surface area contributed by atoms with Crippen molar-refractivity contribution >= 4 is 11.6 Å². The second-order valence-corrected chi connectivity index (χ2v) is 3.75. The SMILES string of the molecule is NCc1ccoc1COc1ccc(Cl)cc1. The maximum atomic E-state index is 5.77. The number of furan rings is 1. The quantitative estimate of drug-likeness (QED) is 0.889. The lowest BCUT2D eigenvalue weighted by atomic mass is 10.2. The standard InChI is InChI=1S/C12H12ClNO2/c13-10-1-3-11(4-2-10)16-8-12-9(7-14)5-6-15-12/h1-6H,7-8,14H2. The van der Waals surface area contributed by atoms with Gasteiger partial charge in [-0.25, -0.2) is 0 Å². The Bertz CT molecular complexity index is 450. The first-order chi connectivity index (χ1) is 7.79. The van der Waals surface area contributed by atoms with E-state index in [4.69, 9.17) is 26.5 Å². The predicted octanol–water partition coefficient (Wildman–Crippen LogP) is 2.97. The van der Waals surface area contributed by atoms with Crippen molar-refractivity contribution in [3.8, 4) is 5.75 Å². The molecule has 0 saturated heterocycles. The Kier molecular flexibility index (Phi) is 3.49. The topological polar surface area (TPSA) is 48.4 Å². The summed E-state index contributed by atoms with van der Waals surface area (Å²) in [5.41, 5.74) is 6.52. The van der Waals surface area contributed by atoms with Crippen molar-refractivity contribution in [1.82, 2.24) is 0 Å². The Labute approximate surface area is 98.8 Å². The highest BCUT2D eigenvalue weighted by Gasteiger charge is 2.05. The van der Waals surface area contributed by atoms with E-state index in [9.17, 15) is 0 Å². The van der Waals surface area contributed by atoms with Crippen LogP contribution in [0.2, 0.25) is 5.02 Å². The number of ether oxygens (including phenoxy) is 1. The highest BCUT2D eigenvalue weighted by Crippen LogP contribution is 2.18. The van der Waals surface area contributed by atoms with Crippen molar-refractivity contribution in [1.29, 1.82) is 0 Å². The van der Waals surface area contributed by atoms with E-state index in [1.807, 2.05) is 18.2 Å². The monoisotopic (exact) mass is 237 g/mol. The smallest absolute Gasteiger partial charge is 0.146 e. The molecule has 84 valence electrons. The molecule has 2 N–H and O–H groups in total. The summed E-state index contributed by atoms with van der Waals surface area (Å²) in [6.07, 6.45) is 1.61. The molecule has 2 rings (SSSR count). The van der Waals surface area contributed by atoms with Crippen molar-refractivity contribution in [3.63, 3.8) is 0 Å². The summed E-state index contributed by atoms with van der Waals surface area (Å²) in [4.78, 5) is 0. The van der Waals surface area contributed by atoms with E-state index in [1.54, 1.807) is 18.4 Å². The van der Waals surface area contributed by atoms with Gasteiger partial charge >= 0.3 is 0 Å². The fourth-order valence-electron chi connectivity index (χ4n) is 1.36. The van der Waals surface area contributed by atoms with Gasteiger partial charge < -0.3 is 14.9 Å². The summed E-state index contributed by atoms with van der Waals surface area (Å²) in [7, 11) is 0. The molecule has 0 aliphatic rings. The van der Waals surface area contributed by atoms with E-state index >= 15 is 0 Å². The van der Waals surface area contributed by atoms with Crippen LogP contribution in [-0.2, 0) is 13.2 Å². The molecule has 0 aliphatic heterocycles. The van der Waals surface area contributed by atoms with Crippen LogP contribution in [0.25, 0.3) is 0 Å². The second kappa shape index (κ2) is 5.05. The van der Waals surface area contributed by atoms with E-state index in [0.717, 1.165) is 17.1 Å². The van der Waals surface area contributed by atoms with Crippen LogP contribution in [0.5, 0.6) is 5.75 Å². The molecule has 1 heterocycles. The summed E-state index contributed by atoms with van der Waals surface area (Å²) in [5, 5.41) is 0.688. The zero-order chi connectivity index (χ0) is 11.4. The minimum atomic E-state index is 0.376. The first kappa shape index (κ1) is 11.0. The first-order valence-corrected chi connectivity index (χ1v) is 5.31. The maximum Gasteiger partial charge on any atom is 0.146 e. The van der Waals surface area contributed by atoms with Gasteiger partial charge in [-0.1, -0.05) is 11.6 Å². The van der Waals surface area contributed by atoms with Crippen molar-refractivity contribution < 1.29 is 9.15 Å². The predicted molar refractivity (Wildman–Crippen MR) is 62.4 cm³/mol. The van der Waals surface area contributed by atoms with Gasteiger partial charge in [-0.15, -0.1) is 0 Å². The van der Waals surface area contributed by atoms with Gasteiger partial charge in [0.15, 0.2) is 0 Å². The van der Waals surface area contributed by atoms with Crippen molar-refractivity contribution in [2.45, 2.75) is 13.2 Å². The molecule has 0 fully saturated rings. The number of hydrogen-bond acceptors (Lipinski definition) is 3. The number of hydrogen-bond donors (Lipinski definition) is 1. The molecule has 0 unspecified atom stereocenters. The van der Waals surface area contributed by atoms with Gasteiger partial charge in [-0.3, -0.25) is 0 Å². The average Bonchev–Trinajstić information content (AvgIpc) is 2.76. The third-order valence-corrected chi connectivity index (χ3v) is 2.49. The molecule has 1 aromatic carbocycles. The third-order valence-electron chi connectivity index (χ3n) is 2.24. The molecule has 16 heavy (non-hydrogen) atoms. The lowest BCUT2D eigenvalue weighted by Gasteiger charge is -2.05. The van der Waals surface area contributed by atoms with Gasteiger partial charge in [0, 0.05) is 17.1 Å². The molecule has 4 heteroatoms. The van der Waals surface area contributed by atoms with Crippen molar-refractivity contribution in [2.24, 2.45) is 5.73 Å². The molecule has 0 spiro atoms. The van der Waals surface area contributed by atoms with E-state index < -0.39 is 0 Å². The number of nitrogens with two attached hydrogens (primary N) is 1. The van der Waals surface area contributed by atoms with Crippen LogP contribution in [0, 0.1) is 0 Å². The molecule has 0 atom stereocenters. The molecule has 0 aliphatic carbocycles. The summed E-state index contributed by atoms with van der Waals surface area (Å²) < 4.78 is 10.8. The van der Waals surface area contributed by atoms with Gasteiger partial charge in [0.1, 0.15) is 18.1 Å². The first-order valence-electron chi connectivity index (χ1n) is 4.93. The Morgan fingerprint density at radius 1 is 1.19 bits per heavy atom. The summed E-state index contributed by atoms with van der Waals surface area (Å²) in [5.74, 6) is 1.52. The Morgan fingerprint density at radius 3 is 2.62 bits per heavy atom. The molecular formula is C12H12ClNO2. The van der Waals surface area contributed by atoms with Gasteiger partial charge in [-0.2, -0.15) is 0 Å².